The number of carbonyl (C=O) groups excluding carboxylic acids is 1. The zero-order chi connectivity index (χ0) is 10.7. The lowest BCUT2D eigenvalue weighted by atomic mass is 10.0. The minimum atomic E-state index is -0.796. The van der Waals surface area contributed by atoms with E-state index in [-0.39, 0.29) is 5.56 Å². The Balaban J connectivity index is 3.05. The fourth-order valence-corrected chi connectivity index (χ4v) is 1.15. The van der Waals surface area contributed by atoms with Crippen molar-refractivity contribution in [3.8, 4) is 0 Å². The lowest BCUT2D eigenvalue weighted by Gasteiger charge is -2.10. The van der Waals surface area contributed by atoms with E-state index in [2.05, 4.69) is 4.74 Å². The van der Waals surface area contributed by atoms with Crippen molar-refractivity contribution in [3.63, 3.8) is 0 Å². The van der Waals surface area contributed by atoms with Gasteiger partial charge in [-0.15, -0.1) is 0 Å². The average molecular weight is 200 g/mol. The fourth-order valence-electron chi connectivity index (χ4n) is 1.15. The summed E-state index contributed by atoms with van der Waals surface area (Å²) < 4.78 is 30.3. The topological polar surface area (TPSA) is 26.3 Å². The first-order valence-corrected chi connectivity index (χ1v) is 4.09. The van der Waals surface area contributed by atoms with Crippen LogP contribution in [0.5, 0.6) is 0 Å². The van der Waals surface area contributed by atoms with Crippen LogP contribution in [-0.4, -0.2) is 13.1 Å². The highest BCUT2D eigenvalue weighted by molar-refractivity contribution is 5.77. The van der Waals surface area contributed by atoms with Gasteiger partial charge in [-0.1, -0.05) is 0 Å². The van der Waals surface area contributed by atoms with Gasteiger partial charge in [0.1, 0.15) is 11.6 Å². The number of ether oxygens (including phenoxy) is 1. The molecular weight excluding hydrogens is 190 g/mol. The lowest BCUT2D eigenvalue weighted by Crippen LogP contribution is -2.12. The third-order valence-electron chi connectivity index (χ3n) is 1.98. The Morgan fingerprint density at radius 2 is 2.07 bits per heavy atom. The van der Waals surface area contributed by atoms with Gasteiger partial charge in [0.25, 0.3) is 0 Å². The van der Waals surface area contributed by atoms with E-state index in [0.717, 1.165) is 18.2 Å². The third-order valence-corrected chi connectivity index (χ3v) is 1.98. The van der Waals surface area contributed by atoms with Crippen molar-refractivity contribution in [2.75, 3.05) is 7.11 Å². The van der Waals surface area contributed by atoms with E-state index in [4.69, 9.17) is 0 Å². The predicted octanol–water partition coefficient (Wildman–Crippen LogP) is 2.24. The highest BCUT2D eigenvalue weighted by Crippen LogP contribution is 2.20. The number of hydrogen-bond acceptors (Lipinski definition) is 2. The van der Waals surface area contributed by atoms with Crippen LogP contribution in [0.3, 0.4) is 0 Å². The molecule has 1 rings (SSSR count). The largest absolute Gasteiger partial charge is 0.469 e. The highest BCUT2D eigenvalue weighted by Gasteiger charge is 2.19. The van der Waals surface area contributed by atoms with Gasteiger partial charge in [0.15, 0.2) is 0 Å². The molecule has 4 heteroatoms. The van der Waals surface area contributed by atoms with Gasteiger partial charge in [-0.25, -0.2) is 8.78 Å². The Kier molecular flexibility index (Phi) is 3.17. The first kappa shape index (κ1) is 10.6. The van der Waals surface area contributed by atoms with Crippen molar-refractivity contribution in [2.24, 2.45) is 0 Å². The molecule has 1 aromatic rings. The highest BCUT2D eigenvalue weighted by atomic mass is 19.1. The maximum Gasteiger partial charge on any atom is 0.312 e. The van der Waals surface area contributed by atoms with Gasteiger partial charge in [-0.05, 0) is 25.1 Å². The van der Waals surface area contributed by atoms with Crippen LogP contribution < -0.4 is 0 Å². The molecule has 0 fully saturated rings. The number of carbonyl (C=O) groups is 1. The standard InChI is InChI=1S/C10H10F2O2/c1-6(10(13)14-2)8-5-7(11)3-4-9(8)12/h3-6H,1-2H3. The molecule has 0 bridgehead atoms. The third kappa shape index (κ3) is 2.07. The summed E-state index contributed by atoms with van der Waals surface area (Å²) in [5.74, 6) is -2.56. The van der Waals surface area contributed by atoms with E-state index in [0.29, 0.717) is 0 Å². The van der Waals surface area contributed by atoms with Crippen LogP contribution in [0.15, 0.2) is 18.2 Å². The maximum atomic E-state index is 13.1. The summed E-state index contributed by atoms with van der Waals surface area (Å²) in [6, 6.07) is 2.99. The van der Waals surface area contributed by atoms with Gasteiger partial charge in [0.05, 0.1) is 13.0 Å². The van der Waals surface area contributed by atoms with Crippen molar-refractivity contribution in [1.29, 1.82) is 0 Å². The van der Waals surface area contributed by atoms with Crippen LogP contribution >= 0.6 is 0 Å². The molecule has 0 N–H and O–H groups in total. The second-order valence-corrected chi connectivity index (χ2v) is 2.91. The van der Waals surface area contributed by atoms with E-state index < -0.39 is 23.5 Å². The second-order valence-electron chi connectivity index (χ2n) is 2.91. The predicted molar refractivity (Wildman–Crippen MR) is 46.8 cm³/mol. The van der Waals surface area contributed by atoms with Crippen molar-refractivity contribution >= 4 is 5.97 Å². The lowest BCUT2D eigenvalue weighted by molar-refractivity contribution is -0.142. The molecule has 1 atom stereocenters. The van der Waals surface area contributed by atoms with Gasteiger partial charge >= 0.3 is 5.97 Å². The number of halogens is 2. The number of benzene rings is 1. The number of esters is 1. The quantitative estimate of drug-likeness (QED) is 0.684. The Morgan fingerprint density at radius 3 is 2.64 bits per heavy atom. The summed E-state index contributed by atoms with van der Waals surface area (Å²) in [6.45, 7) is 1.46. The molecule has 0 aliphatic heterocycles. The van der Waals surface area contributed by atoms with E-state index in [9.17, 15) is 13.6 Å². The molecule has 0 aromatic heterocycles. The SMILES string of the molecule is COC(=O)C(C)c1cc(F)ccc1F. The average Bonchev–Trinajstić information content (AvgIpc) is 2.19. The first-order chi connectivity index (χ1) is 6.56. The summed E-state index contributed by atoms with van der Waals surface area (Å²) in [7, 11) is 1.20. The molecular formula is C10H10F2O2. The van der Waals surface area contributed by atoms with Crippen LogP contribution in [0.1, 0.15) is 18.4 Å². The zero-order valence-electron chi connectivity index (χ0n) is 7.88. The van der Waals surface area contributed by atoms with Gasteiger partial charge < -0.3 is 4.74 Å². The smallest absolute Gasteiger partial charge is 0.312 e. The molecule has 76 valence electrons. The summed E-state index contributed by atoms with van der Waals surface area (Å²) in [6.07, 6.45) is 0. The van der Waals surface area contributed by atoms with Crippen LogP contribution in [0.4, 0.5) is 8.78 Å². The van der Waals surface area contributed by atoms with Crippen LogP contribution in [-0.2, 0) is 9.53 Å². The molecule has 0 saturated carbocycles. The normalized spacial score (nSPS) is 12.3. The Bertz CT molecular complexity index is 350. The van der Waals surface area contributed by atoms with E-state index >= 15 is 0 Å². The van der Waals surface area contributed by atoms with Crippen molar-refractivity contribution in [1.82, 2.24) is 0 Å². The van der Waals surface area contributed by atoms with E-state index in [1.54, 1.807) is 0 Å². The van der Waals surface area contributed by atoms with Gasteiger partial charge in [-0.2, -0.15) is 0 Å². The molecule has 0 radical (unpaired) electrons. The number of rotatable bonds is 2. The summed E-state index contributed by atoms with van der Waals surface area (Å²) in [5, 5.41) is 0. The van der Waals surface area contributed by atoms with Gasteiger partial charge in [0.2, 0.25) is 0 Å². The van der Waals surface area contributed by atoms with E-state index in [1.807, 2.05) is 0 Å². The van der Waals surface area contributed by atoms with Crippen LogP contribution in [0, 0.1) is 11.6 Å². The molecule has 0 aliphatic carbocycles. The molecule has 2 nitrogen and oxygen atoms in total. The molecule has 0 saturated heterocycles. The molecule has 0 amide bonds. The molecule has 0 spiro atoms. The molecule has 0 heterocycles. The van der Waals surface area contributed by atoms with Crippen molar-refractivity contribution in [3.05, 3.63) is 35.4 Å². The Hall–Kier alpha value is -1.45. The zero-order valence-corrected chi connectivity index (χ0v) is 7.88. The molecule has 14 heavy (non-hydrogen) atoms. The molecule has 1 unspecified atom stereocenters. The Morgan fingerprint density at radius 1 is 1.43 bits per heavy atom. The number of hydrogen-bond donors (Lipinski definition) is 0. The van der Waals surface area contributed by atoms with Gasteiger partial charge in [-0.3, -0.25) is 4.79 Å². The van der Waals surface area contributed by atoms with Crippen molar-refractivity contribution < 1.29 is 18.3 Å². The molecule has 1 aromatic carbocycles. The van der Waals surface area contributed by atoms with Crippen LogP contribution in [0.25, 0.3) is 0 Å². The molecule has 0 aliphatic rings. The van der Waals surface area contributed by atoms with E-state index in [1.165, 1.54) is 14.0 Å². The van der Waals surface area contributed by atoms with Gasteiger partial charge in [0, 0.05) is 5.56 Å². The Labute approximate surface area is 80.5 Å². The van der Waals surface area contributed by atoms with Crippen molar-refractivity contribution in [2.45, 2.75) is 12.8 Å². The minimum Gasteiger partial charge on any atom is -0.469 e. The second kappa shape index (κ2) is 4.17. The number of methoxy groups -OCH3 is 1. The summed E-state index contributed by atoms with van der Waals surface area (Å²) >= 11 is 0. The first-order valence-electron chi connectivity index (χ1n) is 4.09. The van der Waals surface area contributed by atoms with Crippen LogP contribution in [0.2, 0.25) is 0 Å². The monoisotopic (exact) mass is 200 g/mol. The summed E-state index contributed by atoms with van der Waals surface area (Å²) in [5.41, 5.74) is 0.0110. The minimum absolute atomic E-state index is 0.0110. The summed E-state index contributed by atoms with van der Waals surface area (Å²) in [4.78, 5) is 11.1. The fraction of sp³-hybridized carbons (Fsp3) is 0.300. The maximum absolute atomic E-state index is 13.1.